The number of hydrogen-bond donors (Lipinski definition) is 2. The third-order valence-corrected chi connectivity index (χ3v) is 3.90. The van der Waals surface area contributed by atoms with Crippen molar-refractivity contribution >= 4 is 11.9 Å². The van der Waals surface area contributed by atoms with Crippen molar-refractivity contribution in [2.45, 2.75) is 25.9 Å². The summed E-state index contributed by atoms with van der Waals surface area (Å²) in [6, 6.07) is 9.15. The normalized spacial score (nSPS) is 16.6. The van der Waals surface area contributed by atoms with Gasteiger partial charge in [0.2, 0.25) is 5.95 Å². The minimum Gasteiger partial charge on any atom is -0.491 e. The molecule has 2 aromatic rings. The third-order valence-electron chi connectivity index (χ3n) is 3.90. The fraction of sp³-hybridized carbons (Fsp3) is 0.389. The van der Waals surface area contributed by atoms with Crippen LogP contribution < -0.4 is 15.8 Å². The first kappa shape index (κ1) is 17.2. The average Bonchev–Trinajstić information content (AvgIpc) is 3.13. The first-order valence-corrected chi connectivity index (χ1v) is 8.43. The van der Waals surface area contributed by atoms with E-state index in [0.717, 1.165) is 30.8 Å². The number of rotatable bonds is 6. The highest BCUT2D eigenvalue weighted by Gasteiger charge is 2.16. The van der Waals surface area contributed by atoms with Gasteiger partial charge in [0.15, 0.2) is 0 Å². The van der Waals surface area contributed by atoms with Crippen LogP contribution in [-0.4, -0.2) is 41.7 Å². The molecule has 1 aromatic carbocycles. The van der Waals surface area contributed by atoms with Crippen LogP contribution in [0.15, 0.2) is 30.3 Å². The molecule has 1 unspecified atom stereocenters. The Labute approximate surface area is 146 Å². The molecule has 1 fully saturated rings. The number of ether oxygens (including phenoxy) is 2. The molecule has 2 heterocycles. The van der Waals surface area contributed by atoms with Crippen LogP contribution >= 0.6 is 0 Å². The second kappa shape index (κ2) is 7.94. The van der Waals surface area contributed by atoms with Crippen molar-refractivity contribution in [3.63, 3.8) is 0 Å². The van der Waals surface area contributed by atoms with Gasteiger partial charge in [-0.2, -0.15) is 0 Å². The zero-order valence-electron chi connectivity index (χ0n) is 14.2. The number of benzene rings is 1. The number of nitrogens with two attached hydrogens (primary N) is 1. The van der Waals surface area contributed by atoms with Crippen LogP contribution in [0.2, 0.25) is 0 Å². The molecule has 0 aliphatic carbocycles. The molecule has 3 N–H and O–H groups in total. The summed E-state index contributed by atoms with van der Waals surface area (Å²) in [5.41, 5.74) is 7.40. The van der Waals surface area contributed by atoms with Gasteiger partial charge in [0.25, 0.3) is 5.91 Å². The quantitative estimate of drug-likeness (QED) is 0.833. The highest BCUT2D eigenvalue weighted by molar-refractivity contribution is 5.93. The number of hydrogen-bond acceptors (Lipinski definition) is 6. The molecule has 7 heteroatoms. The Hall–Kier alpha value is -2.67. The molecule has 0 bridgehead atoms. The minimum atomic E-state index is -0.274. The molecule has 1 aliphatic heterocycles. The number of nitrogens with one attached hydrogen (secondary N) is 1. The van der Waals surface area contributed by atoms with E-state index in [-0.39, 0.29) is 23.7 Å². The average molecular weight is 342 g/mol. The van der Waals surface area contributed by atoms with Gasteiger partial charge in [-0.3, -0.25) is 4.79 Å². The number of carbonyl (C=O) groups is 1. The highest BCUT2D eigenvalue weighted by Crippen LogP contribution is 2.24. The number of aromatic nitrogens is 2. The number of nitrogen functional groups attached to an aromatic ring is 1. The SMILES string of the molecule is CCNC(=O)c1cc(-c2cccc(OCC3CCCO3)c2)nc(N)n1. The van der Waals surface area contributed by atoms with E-state index in [0.29, 0.717) is 18.8 Å². The monoisotopic (exact) mass is 342 g/mol. The van der Waals surface area contributed by atoms with Crippen molar-refractivity contribution in [2.24, 2.45) is 0 Å². The van der Waals surface area contributed by atoms with Crippen LogP contribution in [0.3, 0.4) is 0 Å². The fourth-order valence-corrected chi connectivity index (χ4v) is 2.69. The maximum atomic E-state index is 12.0. The van der Waals surface area contributed by atoms with E-state index in [1.54, 1.807) is 6.07 Å². The second-order valence-corrected chi connectivity index (χ2v) is 5.83. The summed E-state index contributed by atoms with van der Waals surface area (Å²) in [5.74, 6) is 0.512. The van der Waals surface area contributed by atoms with Crippen LogP contribution in [0.25, 0.3) is 11.3 Å². The molecule has 1 aliphatic rings. The van der Waals surface area contributed by atoms with Crippen molar-refractivity contribution in [1.82, 2.24) is 15.3 Å². The van der Waals surface area contributed by atoms with Crippen LogP contribution in [0.1, 0.15) is 30.3 Å². The highest BCUT2D eigenvalue weighted by atomic mass is 16.5. The summed E-state index contributed by atoms with van der Waals surface area (Å²) in [6.07, 6.45) is 2.26. The third kappa shape index (κ3) is 4.45. The lowest BCUT2D eigenvalue weighted by atomic mass is 10.1. The molecule has 0 radical (unpaired) electrons. The Morgan fingerprint density at radius 1 is 1.40 bits per heavy atom. The molecular weight excluding hydrogens is 320 g/mol. The molecule has 1 aromatic heterocycles. The predicted octanol–water partition coefficient (Wildman–Crippen LogP) is 2.03. The zero-order valence-corrected chi connectivity index (χ0v) is 14.2. The van der Waals surface area contributed by atoms with Crippen molar-refractivity contribution in [2.75, 3.05) is 25.5 Å². The number of carbonyl (C=O) groups excluding carboxylic acids is 1. The first-order valence-electron chi connectivity index (χ1n) is 8.43. The summed E-state index contributed by atoms with van der Waals surface area (Å²) >= 11 is 0. The van der Waals surface area contributed by atoms with Crippen LogP contribution in [-0.2, 0) is 4.74 Å². The molecule has 0 spiro atoms. The van der Waals surface area contributed by atoms with Gasteiger partial charge in [0.05, 0.1) is 11.8 Å². The molecule has 1 atom stereocenters. The van der Waals surface area contributed by atoms with Gasteiger partial charge in [-0.05, 0) is 38.0 Å². The molecule has 3 rings (SSSR count). The van der Waals surface area contributed by atoms with Gasteiger partial charge in [-0.25, -0.2) is 9.97 Å². The van der Waals surface area contributed by atoms with Crippen molar-refractivity contribution < 1.29 is 14.3 Å². The Balaban J connectivity index is 1.78. The summed E-state index contributed by atoms with van der Waals surface area (Å²) < 4.78 is 11.4. The largest absolute Gasteiger partial charge is 0.491 e. The lowest BCUT2D eigenvalue weighted by molar-refractivity contribution is 0.0680. The minimum absolute atomic E-state index is 0.0597. The molecule has 132 valence electrons. The van der Waals surface area contributed by atoms with Crippen molar-refractivity contribution in [3.05, 3.63) is 36.0 Å². The molecule has 0 saturated carbocycles. The van der Waals surface area contributed by atoms with Crippen LogP contribution in [0.4, 0.5) is 5.95 Å². The molecular formula is C18H22N4O3. The van der Waals surface area contributed by atoms with E-state index in [2.05, 4.69) is 15.3 Å². The predicted molar refractivity (Wildman–Crippen MR) is 94.4 cm³/mol. The number of amides is 1. The number of anilines is 1. The van der Waals surface area contributed by atoms with Gasteiger partial charge < -0.3 is 20.5 Å². The standard InChI is InChI=1S/C18H22N4O3/c1-2-20-17(23)16-10-15(21-18(19)22-16)12-5-3-6-13(9-12)25-11-14-7-4-8-24-14/h3,5-6,9-10,14H,2,4,7-8,11H2,1H3,(H,20,23)(H2,19,21,22). The summed E-state index contributed by atoms with van der Waals surface area (Å²) in [5, 5.41) is 2.71. The summed E-state index contributed by atoms with van der Waals surface area (Å²) in [7, 11) is 0. The molecule has 1 saturated heterocycles. The van der Waals surface area contributed by atoms with E-state index in [1.165, 1.54) is 0 Å². The summed E-state index contributed by atoms with van der Waals surface area (Å²) in [6.45, 7) is 3.69. The van der Waals surface area contributed by atoms with Gasteiger partial charge in [-0.1, -0.05) is 12.1 Å². The summed E-state index contributed by atoms with van der Waals surface area (Å²) in [4.78, 5) is 20.2. The Bertz CT molecular complexity index is 745. The Kier molecular flexibility index (Phi) is 5.45. The molecule has 7 nitrogen and oxygen atoms in total. The fourth-order valence-electron chi connectivity index (χ4n) is 2.69. The van der Waals surface area contributed by atoms with Crippen molar-refractivity contribution in [3.8, 4) is 17.0 Å². The van der Waals surface area contributed by atoms with Gasteiger partial charge in [0, 0.05) is 18.7 Å². The number of nitrogens with zero attached hydrogens (tertiary/aromatic N) is 2. The van der Waals surface area contributed by atoms with E-state index >= 15 is 0 Å². The first-order chi connectivity index (χ1) is 12.2. The van der Waals surface area contributed by atoms with E-state index in [1.807, 2.05) is 31.2 Å². The van der Waals surface area contributed by atoms with Gasteiger partial charge in [0.1, 0.15) is 18.1 Å². The molecule has 1 amide bonds. The second-order valence-electron chi connectivity index (χ2n) is 5.83. The maximum Gasteiger partial charge on any atom is 0.270 e. The topological polar surface area (TPSA) is 99.4 Å². The lowest BCUT2D eigenvalue weighted by Crippen LogP contribution is -2.24. The van der Waals surface area contributed by atoms with Crippen LogP contribution in [0, 0.1) is 0 Å². The van der Waals surface area contributed by atoms with E-state index in [9.17, 15) is 4.79 Å². The Morgan fingerprint density at radius 3 is 3.04 bits per heavy atom. The molecule has 25 heavy (non-hydrogen) atoms. The van der Waals surface area contributed by atoms with Gasteiger partial charge in [-0.15, -0.1) is 0 Å². The van der Waals surface area contributed by atoms with Crippen molar-refractivity contribution in [1.29, 1.82) is 0 Å². The van der Waals surface area contributed by atoms with Crippen LogP contribution in [0.5, 0.6) is 5.75 Å². The lowest BCUT2D eigenvalue weighted by Gasteiger charge is -2.12. The zero-order chi connectivity index (χ0) is 17.6. The van der Waals surface area contributed by atoms with Gasteiger partial charge >= 0.3 is 0 Å². The Morgan fingerprint density at radius 2 is 2.28 bits per heavy atom. The smallest absolute Gasteiger partial charge is 0.270 e. The maximum absolute atomic E-state index is 12.0. The van der Waals surface area contributed by atoms with E-state index in [4.69, 9.17) is 15.2 Å². The van der Waals surface area contributed by atoms with E-state index < -0.39 is 0 Å².